The molecule has 0 heterocycles. The second-order valence-corrected chi connectivity index (χ2v) is 18.8. The Morgan fingerprint density at radius 3 is 0.719 bits per heavy atom. The van der Waals surface area contributed by atoms with Gasteiger partial charge in [-0.2, -0.15) is 0 Å². The molecule has 32 heavy (non-hydrogen) atoms. The van der Waals surface area contributed by atoms with E-state index in [4.69, 9.17) is 0 Å². The van der Waals surface area contributed by atoms with Crippen LogP contribution in [0.4, 0.5) is 0 Å². The molecule has 0 bridgehead atoms. The Labute approximate surface area is 204 Å². The molecule has 0 aromatic heterocycles. The largest absolute Gasteiger partial charge is 0.0930 e. The van der Waals surface area contributed by atoms with E-state index in [1.165, 1.54) is 0 Å². The Bertz CT molecular complexity index is 389. The molecule has 0 spiro atoms. The SMILES string of the molecule is CC(P(C1CCCCCC1)C1CCCCCC1)P(C1CCCCCC1)C1CCCCCC1. The van der Waals surface area contributed by atoms with E-state index in [0.717, 1.165) is 28.0 Å². The van der Waals surface area contributed by atoms with E-state index in [2.05, 4.69) is 6.92 Å². The number of hydrogen-bond acceptors (Lipinski definition) is 0. The summed E-state index contributed by atoms with van der Waals surface area (Å²) in [5.41, 5.74) is 4.58. The first-order valence-corrected chi connectivity index (χ1v) is 18.5. The average molecular weight is 479 g/mol. The van der Waals surface area contributed by atoms with Gasteiger partial charge in [-0.3, -0.25) is 0 Å². The lowest BCUT2D eigenvalue weighted by Crippen LogP contribution is -2.27. The van der Waals surface area contributed by atoms with Crippen LogP contribution in [0.1, 0.15) is 161 Å². The second kappa shape index (κ2) is 14.4. The van der Waals surface area contributed by atoms with Gasteiger partial charge < -0.3 is 0 Å². The number of hydrogen-bond donors (Lipinski definition) is 0. The van der Waals surface area contributed by atoms with Crippen molar-refractivity contribution in [2.45, 2.75) is 189 Å². The Morgan fingerprint density at radius 1 is 0.344 bits per heavy atom. The van der Waals surface area contributed by atoms with E-state index in [9.17, 15) is 0 Å². The van der Waals surface area contributed by atoms with Crippen LogP contribution in [0, 0.1) is 0 Å². The smallest absolute Gasteiger partial charge is 0.00242 e. The molecule has 0 atom stereocenters. The van der Waals surface area contributed by atoms with E-state index in [0.29, 0.717) is 0 Å². The van der Waals surface area contributed by atoms with Crippen molar-refractivity contribution in [1.82, 2.24) is 0 Å². The second-order valence-electron chi connectivity index (χ2n) is 12.1. The summed E-state index contributed by atoms with van der Waals surface area (Å²) in [6.07, 6.45) is 37.8. The maximum absolute atomic E-state index is 2.89. The van der Waals surface area contributed by atoms with Gasteiger partial charge in [-0.25, -0.2) is 0 Å². The van der Waals surface area contributed by atoms with Crippen LogP contribution in [-0.4, -0.2) is 28.0 Å². The Balaban J connectivity index is 1.60. The van der Waals surface area contributed by atoms with Gasteiger partial charge in [0, 0.05) is 0 Å². The van der Waals surface area contributed by atoms with Crippen LogP contribution in [-0.2, 0) is 0 Å². The van der Waals surface area contributed by atoms with Crippen molar-refractivity contribution in [3.8, 4) is 0 Å². The van der Waals surface area contributed by atoms with Crippen LogP contribution in [0.2, 0.25) is 0 Å². The monoisotopic (exact) mass is 478 g/mol. The molecular weight excluding hydrogens is 422 g/mol. The predicted octanol–water partition coefficient (Wildman–Crippen LogP) is 11.2. The van der Waals surface area contributed by atoms with Gasteiger partial charge in [-0.05, 0) is 79.4 Å². The van der Waals surface area contributed by atoms with Gasteiger partial charge in [0.15, 0.2) is 0 Å². The number of rotatable bonds is 6. The molecule has 4 rings (SSSR count). The van der Waals surface area contributed by atoms with Crippen LogP contribution in [0.25, 0.3) is 0 Å². The van der Waals surface area contributed by atoms with E-state index >= 15 is 0 Å². The van der Waals surface area contributed by atoms with Gasteiger partial charge in [-0.15, -0.1) is 0 Å². The molecule has 186 valence electrons. The zero-order valence-electron chi connectivity index (χ0n) is 21.8. The molecular formula is C30H56P2. The Morgan fingerprint density at radius 2 is 0.531 bits per heavy atom. The highest BCUT2D eigenvalue weighted by molar-refractivity contribution is 7.77. The molecule has 4 saturated carbocycles. The summed E-state index contributed by atoms with van der Waals surface area (Å²) >= 11 is 0. The molecule has 0 aliphatic heterocycles. The van der Waals surface area contributed by atoms with Crippen molar-refractivity contribution >= 4 is 15.8 Å². The molecule has 2 heteroatoms. The summed E-state index contributed by atoms with van der Waals surface area (Å²) in [5, 5.41) is 1.12. The highest BCUT2D eigenvalue weighted by Gasteiger charge is 2.41. The molecule has 0 saturated heterocycles. The lowest BCUT2D eigenvalue weighted by atomic mass is 10.2. The van der Waals surface area contributed by atoms with Crippen molar-refractivity contribution in [1.29, 1.82) is 0 Å². The summed E-state index contributed by atoms with van der Waals surface area (Å²) in [6, 6.07) is 0. The van der Waals surface area contributed by atoms with Crippen LogP contribution < -0.4 is 0 Å². The maximum atomic E-state index is 2.89. The van der Waals surface area contributed by atoms with Gasteiger partial charge in [0.25, 0.3) is 0 Å². The molecule has 0 aromatic carbocycles. The highest BCUT2D eigenvalue weighted by Crippen LogP contribution is 2.71. The topological polar surface area (TPSA) is 0 Å². The Kier molecular flexibility index (Phi) is 11.7. The fraction of sp³-hybridized carbons (Fsp3) is 1.00. The van der Waals surface area contributed by atoms with Crippen molar-refractivity contribution in [2.75, 3.05) is 0 Å². The van der Waals surface area contributed by atoms with Gasteiger partial charge in [0.05, 0.1) is 0 Å². The summed E-state index contributed by atoms with van der Waals surface area (Å²) in [5.74, 6) is 0. The molecule has 0 N–H and O–H groups in total. The quantitative estimate of drug-likeness (QED) is 0.263. The fourth-order valence-corrected chi connectivity index (χ4v) is 19.2. The molecule has 0 amide bonds. The third-order valence-electron chi connectivity index (χ3n) is 9.85. The predicted molar refractivity (Wildman–Crippen MR) is 149 cm³/mol. The van der Waals surface area contributed by atoms with Crippen molar-refractivity contribution < 1.29 is 0 Å². The lowest BCUT2D eigenvalue weighted by molar-refractivity contribution is 0.649. The van der Waals surface area contributed by atoms with Crippen molar-refractivity contribution in [2.24, 2.45) is 0 Å². The van der Waals surface area contributed by atoms with Crippen molar-refractivity contribution in [3.63, 3.8) is 0 Å². The minimum absolute atomic E-state index is 0.230. The van der Waals surface area contributed by atoms with Gasteiger partial charge in [0.2, 0.25) is 0 Å². The summed E-state index contributed by atoms with van der Waals surface area (Å²) in [7, 11) is 0.460. The minimum atomic E-state index is 0.230. The van der Waals surface area contributed by atoms with E-state index in [1.807, 2.05) is 0 Å². The van der Waals surface area contributed by atoms with Gasteiger partial charge in [0.1, 0.15) is 0 Å². The summed E-state index contributed by atoms with van der Waals surface area (Å²) < 4.78 is 0. The first-order chi connectivity index (χ1) is 15.8. The third kappa shape index (κ3) is 7.43. The Hall–Kier alpha value is 0.860. The first-order valence-electron chi connectivity index (χ1n) is 15.4. The van der Waals surface area contributed by atoms with Gasteiger partial charge in [-0.1, -0.05) is 126 Å². The van der Waals surface area contributed by atoms with Crippen LogP contribution in [0.3, 0.4) is 0 Å². The van der Waals surface area contributed by atoms with E-state index in [-0.39, 0.29) is 15.8 Å². The third-order valence-corrected chi connectivity index (χ3v) is 18.6. The summed E-state index contributed by atoms with van der Waals surface area (Å²) in [4.78, 5) is 0. The lowest BCUT2D eigenvalue weighted by Gasteiger charge is -2.47. The zero-order valence-corrected chi connectivity index (χ0v) is 23.5. The fourth-order valence-electron chi connectivity index (χ4n) is 8.19. The van der Waals surface area contributed by atoms with Crippen LogP contribution in [0.5, 0.6) is 0 Å². The molecule has 4 fully saturated rings. The maximum Gasteiger partial charge on any atom is -0.00242 e. The molecule has 4 aliphatic carbocycles. The van der Waals surface area contributed by atoms with E-state index in [1.54, 1.807) is 154 Å². The molecule has 0 unspecified atom stereocenters. The molecule has 4 aliphatic rings. The normalized spacial score (nSPS) is 27.4. The first kappa shape index (κ1) is 25.9. The van der Waals surface area contributed by atoms with Crippen LogP contribution in [0.15, 0.2) is 0 Å². The standard InChI is InChI=1S/C30H56P2/c1-26(31(27-18-10-2-3-11-19-27)28-20-12-4-5-13-21-28)32(29-22-14-6-7-15-23-29)30-24-16-8-9-17-25-30/h26-30H,2-25H2,1H3. The van der Waals surface area contributed by atoms with Crippen LogP contribution >= 0.6 is 15.8 Å². The average Bonchev–Trinajstić information content (AvgIpc) is 3.40. The molecule has 0 aromatic rings. The molecule has 0 radical (unpaired) electrons. The zero-order chi connectivity index (χ0) is 22.0. The van der Waals surface area contributed by atoms with E-state index < -0.39 is 0 Å². The van der Waals surface area contributed by atoms with Gasteiger partial charge >= 0.3 is 0 Å². The summed E-state index contributed by atoms with van der Waals surface area (Å²) in [6.45, 7) is 2.89. The molecule has 0 nitrogen and oxygen atoms in total. The minimum Gasteiger partial charge on any atom is -0.0930 e. The van der Waals surface area contributed by atoms with Crippen molar-refractivity contribution in [3.05, 3.63) is 0 Å². The highest BCUT2D eigenvalue weighted by atomic mass is 31.2.